The summed E-state index contributed by atoms with van der Waals surface area (Å²) >= 11 is 0. The molecule has 2 bridgehead atoms. The molecule has 2 fully saturated rings. The van der Waals surface area contributed by atoms with Crippen LogP contribution in [0.5, 0.6) is 0 Å². The summed E-state index contributed by atoms with van der Waals surface area (Å²) in [7, 11) is 0. The first-order valence-corrected chi connectivity index (χ1v) is 5.45. The van der Waals surface area contributed by atoms with Crippen LogP contribution in [0.4, 0.5) is 0 Å². The van der Waals surface area contributed by atoms with E-state index in [1.165, 1.54) is 19.3 Å². The van der Waals surface area contributed by atoms with Gasteiger partial charge in [0.2, 0.25) is 0 Å². The molecule has 14 heavy (non-hydrogen) atoms. The molecule has 1 aliphatic carbocycles. The topological polar surface area (TPSA) is 53.6 Å². The van der Waals surface area contributed by atoms with Gasteiger partial charge in [-0.15, -0.1) is 0 Å². The fourth-order valence-corrected chi connectivity index (χ4v) is 2.87. The maximum absolute atomic E-state index is 4.35. The van der Waals surface area contributed by atoms with Gasteiger partial charge in [0.1, 0.15) is 5.82 Å². The van der Waals surface area contributed by atoms with Gasteiger partial charge in [-0.2, -0.15) is 5.10 Å². The lowest BCUT2D eigenvalue weighted by Crippen LogP contribution is -2.37. The quantitative estimate of drug-likeness (QED) is 0.728. The number of hydrogen-bond acceptors (Lipinski definition) is 3. The molecule has 3 atom stereocenters. The molecule has 76 valence electrons. The third-order valence-corrected chi connectivity index (χ3v) is 3.54. The Morgan fingerprint density at radius 2 is 2.36 bits per heavy atom. The van der Waals surface area contributed by atoms with E-state index in [-0.39, 0.29) is 0 Å². The maximum atomic E-state index is 4.35. The van der Waals surface area contributed by atoms with Crippen molar-refractivity contribution >= 4 is 0 Å². The Labute approximate surface area is 83.5 Å². The van der Waals surface area contributed by atoms with Gasteiger partial charge in [-0.1, -0.05) is 0 Å². The Balaban J connectivity index is 1.68. The van der Waals surface area contributed by atoms with Crippen molar-refractivity contribution in [1.29, 1.82) is 0 Å². The SMILES string of the molecule is Cc1nc(CC2NC3CCC2C3)n[nH]1. The van der Waals surface area contributed by atoms with E-state index in [0.29, 0.717) is 6.04 Å². The number of nitrogens with one attached hydrogen (secondary N) is 2. The zero-order valence-electron chi connectivity index (χ0n) is 8.45. The minimum atomic E-state index is 0.629. The van der Waals surface area contributed by atoms with Crippen molar-refractivity contribution in [2.24, 2.45) is 5.92 Å². The van der Waals surface area contributed by atoms with Crippen LogP contribution in [0.15, 0.2) is 0 Å². The number of rotatable bonds is 2. The van der Waals surface area contributed by atoms with Crippen LogP contribution in [0.3, 0.4) is 0 Å². The van der Waals surface area contributed by atoms with Crippen LogP contribution in [0.1, 0.15) is 30.9 Å². The number of aromatic nitrogens is 3. The molecule has 1 aliphatic heterocycles. The standard InChI is InChI=1S/C10H16N4/c1-6-11-10(14-13-6)5-9-7-2-3-8(4-7)12-9/h7-9,12H,2-5H2,1H3,(H,11,13,14). The smallest absolute Gasteiger partial charge is 0.152 e. The van der Waals surface area contributed by atoms with E-state index in [1.807, 2.05) is 6.92 Å². The van der Waals surface area contributed by atoms with Crippen molar-refractivity contribution in [2.45, 2.75) is 44.7 Å². The number of aromatic amines is 1. The summed E-state index contributed by atoms with van der Waals surface area (Å²) in [5, 5.41) is 10.7. The molecule has 1 aromatic rings. The summed E-state index contributed by atoms with van der Waals surface area (Å²) in [4.78, 5) is 4.35. The Morgan fingerprint density at radius 3 is 2.93 bits per heavy atom. The zero-order valence-corrected chi connectivity index (χ0v) is 8.45. The van der Waals surface area contributed by atoms with Crippen LogP contribution in [-0.4, -0.2) is 27.3 Å². The van der Waals surface area contributed by atoms with E-state index in [0.717, 1.165) is 30.0 Å². The fraction of sp³-hybridized carbons (Fsp3) is 0.800. The van der Waals surface area contributed by atoms with E-state index >= 15 is 0 Å². The summed E-state index contributed by atoms with van der Waals surface area (Å²) < 4.78 is 0. The molecule has 1 aromatic heterocycles. The highest BCUT2D eigenvalue weighted by Gasteiger charge is 2.39. The van der Waals surface area contributed by atoms with Crippen LogP contribution in [0, 0.1) is 12.8 Å². The number of hydrogen-bond donors (Lipinski definition) is 2. The summed E-state index contributed by atoms with van der Waals surface area (Å²) in [6.07, 6.45) is 5.12. The summed E-state index contributed by atoms with van der Waals surface area (Å²) in [6.45, 7) is 1.95. The molecule has 2 aliphatic rings. The molecule has 0 amide bonds. The molecule has 3 rings (SSSR count). The number of H-pyrrole nitrogens is 1. The van der Waals surface area contributed by atoms with Crippen molar-refractivity contribution < 1.29 is 0 Å². The number of piperidine rings is 1. The molecule has 0 aromatic carbocycles. The van der Waals surface area contributed by atoms with Crippen LogP contribution < -0.4 is 5.32 Å². The van der Waals surface area contributed by atoms with Gasteiger partial charge in [-0.25, -0.2) is 4.98 Å². The average molecular weight is 192 g/mol. The second kappa shape index (κ2) is 3.05. The Kier molecular flexibility index (Phi) is 1.83. The number of nitrogens with zero attached hydrogens (tertiary/aromatic N) is 2. The highest BCUT2D eigenvalue weighted by molar-refractivity contribution is 5.02. The lowest BCUT2D eigenvalue weighted by molar-refractivity contribution is 0.375. The second-order valence-corrected chi connectivity index (χ2v) is 4.58. The second-order valence-electron chi connectivity index (χ2n) is 4.58. The highest BCUT2D eigenvalue weighted by atomic mass is 15.2. The molecule has 1 saturated heterocycles. The molecule has 1 saturated carbocycles. The maximum Gasteiger partial charge on any atom is 0.152 e. The van der Waals surface area contributed by atoms with Crippen molar-refractivity contribution in [3.63, 3.8) is 0 Å². The first-order valence-electron chi connectivity index (χ1n) is 5.45. The van der Waals surface area contributed by atoms with Gasteiger partial charge in [-0.3, -0.25) is 5.10 Å². The van der Waals surface area contributed by atoms with E-state index in [4.69, 9.17) is 0 Å². The van der Waals surface area contributed by atoms with Gasteiger partial charge in [0.05, 0.1) is 0 Å². The minimum absolute atomic E-state index is 0.629. The summed E-state index contributed by atoms with van der Waals surface area (Å²) in [5.74, 6) is 2.76. The van der Waals surface area contributed by atoms with E-state index in [9.17, 15) is 0 Å². The third-order valence-electron chi connectivity index (χ3n) is 3.54. The van der Waals surface area contributed by atoms with Crippen LogP contribution in [0.25, 0.3) is 0 Å². The molecule has 4 heteroatoms. The Bertz CT molecular complexity index is 333. The van der Waals surface area contributed by atoms with E-state index in [2.05, 4.69) is 20.5 Å². The van der Waals surface area contributed by atoms with Crippen molar-refractivity contribution in [3.8, 4) is 0 Å². The highest BCUT2D eigenvalue weighted by Crippen LogP contribution is 2.36. The molecule has 0 spiro atoms. The van der Waals surface area contributed by atoms with Gasteiger partial charge < -0.3 is 5.32 Å². The van der Waals surface area contributed by atoms with Gasteiger partial charge in [0.15, 0.2) is 5.82 Å². The lowest BCUT2D eigenvalue weighted by Gasteiger charge is -2.21. The van der Waals surface area contributed by atoms with E-state index < -0.39 is 0 Å². The minimum Gasteiger partial charge on any atom is -0.310 e. The Morgan fingerprint density at radius 1 is 1.43 bits per heavy atom. The Hall–Kier alpha value is -0.900. The van der Waals surface area contributed by atoms with Crippen LogP contribution in [-0.2, 0) is 6.42 Å². The van der Waals surface area contributed by atoms with E-state index in [1.54, 1.807) is 0 Å². The monoisotopic (exact) mass is 192 g/mol. The largest absolute Gasteiger partial charge is 0.310 e. The van der Waals surface area contributed by atoms with Gasteiger partial charge in [-0.05, 0) is 32.1 Å². The van der Waals surface area contributed by atoms with Crippen LogP contribution in [0.2, 0.25) is 0 Å². The van der Waals surface area contributed by atoms with Crippen molar-refractivity contribution in [1.82, 2.24) is 20.5 Å². The predicted octanol–water partition coefficient (Wildman–Crippen LogP) is 0.796. The van der Waals surface area contributed by atoms with Gasteiger partial charge in [0.25, 0.3) is 0 Å². The molecule has 4 nitrogen and oxygen atoms in total. The number of aryl methyl sites for hydroxylation is 1. The average Bonchev–Trinajstić information content (AvgIpc) is 2.82. The molecule has 2 heterocycles. The number of fused-ring (bicyclic) bond motifs is 2. The zero-order chi connectivity index (χ0) is 9.54. The first kappa shape index (κ1) is 8.41. The van der Waals surface area contributed by atoms with Crippen molar-refractivity contribution in [3.05, 3.63) is 11.6 Å². The van der Waals surface area contributed by atoms with Crippen molar-refractivity contribution in [2.75, 3.05) is 0 Å². The summed E-state index contributed by atoms with van der Waals surface area (Å²) in [6, 6.07) is 1.41. The molecular weight excluding hydrogens is 176 g/mol. The molecule has 2 N–H and O–H groups in total. The fourth-order valence-electron chi connectivity index (χ4n) is 2.87. The molecular formula is C10H16N4. The van der Waals surface area contributed by atoms with Gasteiger partial charge >= 0.3 is 0 Å². The van der Waals surface area contributed by atoms with Gasteiger partial charge in [0, 0.05) is 18.5 Å². The summed E-state index contributed by atoms with van der Waals surface area (Å²) in [5.41, 5.74) is 0. The van der Waals surface area contributed by atoms with Crippen LogP contribution >= 0.6 is 0 Å². The first-order chi connectivity index (χ1) is 6.81. The molecule has 3 unspecified atom stereocenters. The molecule has 0 radical (unpaired) electrons. The normalized spacial score (nSPS) is 35.4. The third kappa shape index (κ3) is 1.34. The predicted molar refractivity (Wildman–Crippen MR) is 52.9 cm³/mol. The lowest BCUT2D eigenvalue weighted by atomic mass is 9.97.